The summed E-state index contributed by atoms with van der Waals surface area (Å²) < 4.78 is 10.7. The maximum Gasteiger partial charge on any atom is 0.191 e. The summed E-state index contributed by atoms with van der Waals surface area (Å²) in [6.07, 6.45) is 0. The van der Waals surface area contributed by atoms with E-state index in [2.05, 4.69) is 33.1 Å². The third-order valence-corrected chi connectivity index (χ3v) is 5.12. The minimum atomic E-state index is 0.496. The molecule has 3 aromatic rings. The van der Waals surface area contributed by atoms with Gasteiger partial charge in [0, 0.05) is 29.1 Å². The van der Waals surface area contributed by atoms with E-state index in [9.17, 15) is 0 Å². The summed E-state index contributed by atoms with van der Waals surface area (Å²) in [5, 5.41) is 9.72. The van der Waals surface area contributed by atoms with Crippen molar-refractivity contribution in [2.24, 2.45) is 4.99 Å². The lowest BCUT2D eigenvalue weighted by molar-refractivity contribution is 0.391. The van der Waals surface area contributed by atoms with Crippen molar-refractivity contribution in [2.75, 3.05) is 20.8 Å². The molecule has 7 heteroatoms. The number of nitrogens with zero attached hydrogens (tertiary/aromatic N) is 2. The largest absolute Gasteiger partial charge is 0.497 e. The molecule has 29 heavy (non-hydrogen) atoms. The van der Waals surface area contributed by atoms with Crippen molar-refractivity contribution in [3.63, 3.8) is 0 Å². The van der Waals surface area contributed by atoms with Crippen LogP contribution in [0.4, 0.5) is 0 Å². The van der Waals surface area contributed by atoms with E-state index in [1.54, 1.807) is 25.6 Å². The third-order valence-electron chi connectivity index (χ3n) is 4.27. The van der Waals surface area contributed by atoms with E-state index in [1.165, 1.54) is 0 Å². The molecule has 0 aliphatic rings. The number of thiazole rings is 1. The lowest BCUT2D eigenvalue weighted by Crippen LogP contribution is -2.36. The van der Waals surface area contributed by atoms with Crippen molar-refractivity contribution >= 4 is 17.3 Å². The molecule has 0 unspecified atom stereocenters. The van der Waals surface area contributed by atoms with E-state index in [0.717, 1.165) is 45.8 Å². The highest BCUT2D eigenvalue weighted by atomic mass is 32.1. The molecule has 0 saturated carbocycles. The number of rotatable bonds is 8. The molecule has 0 aliphatic carbocycles. The highest BCUT2D eigenvalue weighted by molar-refractivity contribution is 7.09. The van der Waals surface area contributed by atoms with Crippen molar-refractivity contribution in [3.05, 3.63) is 64.5 Å². The predicted molar refractivity (Wildman–Crippen MR) is 119 cm³/mol. The fourth-order valence-corrected chi connectivity index (χ4v) is 3.52. The number of guanidine groups is 1. The monoisotopic (exact) mass is 410 g/mol. The molecule has 3 rings (SSSR count). The first-order chi connectivity index (χ1) is 14.2. The van der Waals surface area contributed by atoms with Crippen LogP contribution < -0.4 is 20.1 Å². The minimum absolute atomic E-state index is 0.496. The number of benzene rings is 2. The van der Waals surface area contributed by atoms with E-state index in [1.807, 2.05) is 43.3 Å². The fourth-order valence-electron chi connectivity index (χ4n) is 2.78. The summed E-state index contributed by atoms with van der Waals surface area (Å²) >= 11 is 1.64. The van der Waals surface area contributed by atoms with E-state index in [-0.39, 0.29) is 0 Å². The zero-order valence-electron chi connectivity index (χ0n) is 16.9. The summed E-state index contributed by atoms with van der Waals surface area (Å²) in [5.41, 5.74) is 3.12. The predicted octanol–water partition coefficient (Wildman–Crippen LogP) is 4.08. The van der Waals surface area contributed by atoms with Gasteiger partial charge < -0.3 is 20.1 Å². The molecule has 2 aromatic carbocycles. The second-order valence-corrected chi connectivity index (χ2v) is 7.16. The SMILES string of the molecule is CCNC(=NCc1ccc(OC)cc1OC)NCc1nc(-c2ccccc2)cs1. The van der Waals surface area contributed by atoms with Crippen LogP contribution in [0.2, 0.25) is 0 Å². The van der Waals surface area contributed by atoms with Crippen LogP contribution in [-0.4, -0.2) is 31.7 Å². The van der Waals surface area contributed by atoms with Crippen molar-refractivity contribution in [3.8, 4) is 22.8 Å². The number of aromatic nitrogens is 1. The van der Waals surface area contributed by atoms with E-state index < -0.39 is 0 Å². The minimum Gasteiger partial charge on any atom is -0.497 e. The summed E-state index contributed by atoms with van der Waals surface area (Å²) in [4.78, 5) is 9.40. The van der Waals surface area contributed by atoms with Gasteiger partial charge in [0.2, 0.25) is 0 Å². The van der Waals surface area contributed by atoms with Crippen LogP contribution in [0, 0.1) is 0 Å². The summed E-state index contributed by atoms with van der Waals surface area (Å²) in [5.74, 6) is 2.26. The normalized spacial score (nSPS) is 11.2. The zero-order chi connectivity index (χ0) is 20.5. The number of hydrogen-bond donors (Lipinski definition) is 2. The quantitative estimate of drug-likeness (QED) is 0.433. The summed E-state index contributed by atoms with van der Waals surface area (Å²) in [7, 11) is 3.29. The molecule has 0 atom stereocenters. The van der Waals surface area contributed by atoms with Gasteiger partial charge in [0.15, 0.2) is 5.96 Å². The number of hydrogen-bond acceptors (Lipinski definition) is 5. The number of ether oxygens (including phenoxy) is 2. The van der Waals surface area contributed by atoms with Gasteiger partial charge in [0.25, 0.3) is 0 Å². The molecular weight excluding hydrogens is 384 g/mol. The Bertz CT molecular complexity index is 941. The van der Waals surface area contributed by atoms with Gasteiger partial charge >= 0.3 is 0 Å². The number of aliphatic imine (C=N–C) groups is 1. The Hall–Kier alpha value is -3.06. The van der Waals surface area contributed by atoms with Crippen LogP contribution in [-0.2, 0) is 13.1 Å². The average molecular weight is 411 g/mol. The van der Waals surface area contributed by atoms with E-state index in [4.69, 9.17) is 14.5 Å². The van der Waals surface area contributed by atoms with Gasteiger partial charge in [-0.1, -0.05) is 30.3 Å². The van der Waals surface area contributed by atoms with Crippen LogP contribution in [0.1, 0.15) is 17.5 Å². The van der Waals surface area contributed by atoms with Crippen molar-refractivity contribution < 1.29 is 9.47 Å². The fraction of sp³-hybridized carbons (Fsp3) is 0.273. The lowest BCUT2D eigenvalue weighted by atomic mass is 10.2. The maximum atomic E-state index is 5.46. The van der Waals surface area contributed by atoms with Gasteiger partial charge in [0.1, 0.15) is 16.5 Å². The van der Waals surface area contributed by atoms with Crippen LogP contribution >= 0.6 is 11.3 Å². The summed E-state index contributed by atoms with van der Waals surface area (Å²) in [6.45, 7) is 3.93. The van der Waals surface area contributed by atoms with Crippen molar-refractivity contribution in [1.82, 2.24) is 15.6 Å². The molecule has 0 aliphatic heterocycles. The Morgan fingerprint density at radius 1 is 1.07 bits per heavy atom. The van der Waals surface area contributed by atoms with Gasteiger partial charge in [-0.15, -0.1) is 11.3 Å². The molecule has 0 saturated heterocycles. The number of methoxy groups -OCH3 is 2. The Morgan fingerprint density at radius 2 is 1.90 bits per heavy atom. The van der Waals surface area contributed by atoms with Crippen LogP contribution in [0.5, 0.6) is 11.5 Å². The first kappa shape index (κ1) is 20.7. The molecule has 0 amide bonds. The molecule has 2 N–H and O–H groups in total. The van der Waals surface area contributed by atoms with Crippen LogP contribution in [0.25, 0.3) is 11.3 Å². The molecule has 6 nitrogen and oxygen atoms in total. The topological polar surface area (TPSA) is 67.8 Å². The molecule has 1 heterocycles. The van der Waals surface area contributed by atoms with E-state index >= 15 is 0 Å². The smallest absolute Gasteiger partial charge is 0.191 e. The summed E-state index contributed by atoms with van der Waals surface area (Å²) in [6, 6.07) is 15.9. The van der Waals surface area contributed by atoms with Crippen LogP contribution in [0.3, 0.4) is 0 Å². The highest BCUT2D eigenvalue weighted by Crippen LogP contribution is 2.25. The Kier molecular flexibility index (Phi) is 7.47. The molecular formula is C22H26N4O2S. The molecule has 0 radical (unpaired) electrons. The molecule has 0 fully saturated rings. The first-order valence-corrected chi connectivity index (χ1v) is 10.3. The molecule has 0 bridgehead atoms. The first-order valence-electron chi connectivity index (χ1n) is 9.46. The maximum absolute atomic E-state index is 5.46. The standard InChI is InChI=1S/C22H26N4O2S/c1-4-23-22(24-13-17-10-11-18(27-2)12-20(17)28-3)25-14-21-26-19(15-29-21)16-8-6-5-7-9-16/h5-12,15H,4,13-14H2,1-3H3,(H2,23,24,25). The van der Waals surface area contributed by atoms with Crippen LogP contribution in [0.15, 0.2) is 58.9 Å². The van der Waals surface area contributed by atoms with Crippen molar-refractivity contribution in [1.29, 1.82) is 0 Å². The molecule has 152 valence electrons. The van der Waals surface area contributed by atoms with Gasteiger partial charge in [-0.2, -0.15) is 0 Å². The highest BCUT2D eigenvalue weighted by Gasteiger charge is 2.07. The average Bonchev–Trinajstić information content (AvgIpc) is 3.25. The van der Waals surface area contributed by atoms with Gasteiger partial charge in [-0.3, -0.25) is 0 Å². The Labute approximate surface area is 175 Å². The van der Waals surface area contributed by atoms with E-state index in [0.29, 0.717) is 13.1 Å². The molecule has 0 spiro atoms. The lowest BCUT2D eigenvalue weighted by Gasteiger charge is -2.12. The second-order valence-electron chi connectivity index (χ2n) is 6.22. The third kappa shape index (κ3) is 5.71. The van der Waals surface area contributed by atoms with Gasteiger partial charge in [0.05, 0.1) is 33.0 Å². The second kappa shape index (κ2) is 10.5. The van der Waals surface area contributed by atoms with Gasteiger partial charge in [-0.25, -0.2) is 9.98 Å². The Morgan fingerprint density at radius 3 is 2.62 bits per heavy atom. The van der Waals surface area contributed by atoms with Gasteiger partial charge in [-0.05, 0) is 19.1 Å². The number of nitrogens with one attached hydrogen (secondary N) is 2. The zero-order valence-corrected chi connectivity index (χ0v) is 17.8. The Balaban J connectivity index is 1.65. The molecule has 1 aromatic heterocycles. The van der Waals surface area contributed by atoms with Crippen molar-refractivity contribution in [2.45, 2.75) is 20.0 Å².